The van der Waals surface area contributed by atoms with Gasteiger partial charge in [0.1, 0.15) is 12.2 Å². The van der Waals surface area contributed by atoms with Crippen LogP contribution in [0.3, 0.4) is 0 Å². The van der Waals surface area contributed by atoms with Crippen LogP contribution >= 0.6 is 0 Å². The number of carbonyl (C=O) groups is 2. The van der Waals surface area contributed by atoms with E-state index >= 15 is 0 Å². The highest BCUT2D eigenvalue weighted by Crippen LogP contribution is 2.19. The van der Waals surface area contributed by atoms with Crippen LogP contribution in [0.15, 0.2) is 6.33 Å². The predicted octanol–water partition coefficient (Wildman–Crippen LogP) is -0.255. The lowest BCUT2D eigenvalue weighted by atomic mass is 10.1. The molecular weight excluding hydrogens is 274 g/mol. The second-order valence-electron chi connectivity index (χ2n) is 5.01. The van der Waals surface area contributed by atoms with Gasteiger partial charge in [-0.2, -0.15) is 0 Å². The first-order valence-electron chi connectivity index (χ1n) is 6.95. The molecule has 0 bridgehead atoms. The predicted molar refractivity (Wildman–Crippen MR) is 76.7 cm³/mol. The van der Waals surface area contributed by atoms with Crippen molar-refractivity contribution in [1.29, 1.82) is 0 Å². The lowest BCUT2D eigenvalue weighted by molar-refractivity contribution is -0.123. The zero-order chi connectivity index (χ0) is 15.7. The van der Waals surface area contributed by atoms with Gasteiger partial charge < -0.3 is 19.9 Å². The minimum absolute atomic E-state index is 0.150. The Morgan fingerprint density at radius 1 is 1.57 bits per heavy atom. The molecule has 1 unspecified atom stereocenters. The first-order chi connectivity index (χ1) is 10.1. The van der Waals surface area contributed by atoms with Crippen molar-refractivity contribution in [3.05, 3.63) is 12.2 Å². The van der Waals surface area contributed by atoms with Crippen molar-refractivity contribution >= 4 is 12.4 Å². The van der Waals surface area contributed by atoms with Crippen LogP contribution in [-0.4, -0.2) is 63.8 Å². The second-order valence-corrected chi connectivity index (χ2v) is 5.01. The van der Waals surface area contributed by atoms with Crippen LogP contribution in [0.1, 0.15) is 18.7 Å². The Labute approximate surface area is 124 Å². The van der Waals surface area contributed by atoms with E-state index in [1.165, 1.54) is 0 Å². The van der Waals surface area contributed by atoms with E-state index in [0.29, 0.717) is 12.3 Å². The maximum Gasteiger partial charge on any atom is 0.290 e. The summed E-state index contributed by atoms with van der Waals surface area (Å²) in [5, 5.41) is 17.4. The molecule has 1 aromatic heterocycles. The van der Waals surface area contributed by atoms with Gasteiger partial charge in [0.05, 0.1) is 0 Å². The van der Waals surface area contributed by atoms with E-state index in [1.54, 1.807) is 13.4 Å². The van der Waals surface area contributed by atoms with E-state index in [9.17, 15) is 4.79 Å². The minimum atomic E-state index is -0.250. The van der Waals surface area contributed by atoms with Crippen LogP contribution in [-0.2, 0) is 16.1 Å². The summed E-state index contributed by atoms with van der Waals surface area (Å²) in [5.74, 6) is 1.61. The molecule has 118 valence electrons. The molecule has 21 heavy (non-hydrogen) atoms. The van der Waals surface area contributed by atoms with Gasteiger partial charge in [0, 0.05) is 33.1 Å². The summed E-state index contributed by atoms with van der Waals surface area (Å²) >= 11 is 0. The molecule has 1 aromatic rings. The van der Waals surface area contributed by atoms with E-state index in [1.807, 2.05) is 6.92 Å². The Bertz CT molecular complexity index is 449. The Morgan fingerprint density at radius 2 is 2.29 bits per heavy atom. The third kappa shape index (κ3) is 5.90. The first kappa shape index (κ1) is 17.1. The maximum absolute atomic E-state index is 11.3. The lowest BCUT2D eigenvalue weighted by Gasteiger charge is -2.16. The van der Waals surface area contributed by atoms with Gasteiger partial charge in [-0.1, -0.05) is 0 Å². The monoisotopic (exact) mass is 297 g/mol. The van der Waals surface area contributed by atoms with Crippen molar-refractivity contribution in [2.75, 3.05) is 26.7 Å². The van der Waals surface area contributed by atoms with Gasteiger partial charge >= 0.3 is 0 Å². The number of rotatable bonds is 5. The summed E-state index contributed by atoms with van der Waals surface area (Å²) in [7, 11) is 1.70. The van der Waals surface area contributed by atoms with Crippen molar-refractivity contribution in [1.82, 2.24) is 25.0 Å². The molecule has 2 N–H and O–H groups in total. The molecule has 1 saturated heterocycles. The molecule has 2 rings (SSSR count). The molecule has 8 nitrogen and oxygen atoms in total. The lowest BCUT2D eigenvalue weighted by Crippen LogP contribution is -2.27. The van der Waals surface area contributed by atoms with Crippen LogP contribution in [0.4, 0.5) is 0 Å². The molecule has 1 amide bonds. The fraction of sp³-hybridized carbons (Fsp3) is 0.692. The normalized spacial score (nSPS) is 17.9. The fourth-order valence-electron chi connectivity index (χ4n) is 2.43. The summed E-state index contributed by atoms with van der Waals surface area (Å²) in [5.41, 5.74) is 0. The zero-order valence-corrected chi connectivity index (χ0v) is 12.5. The summed E-state index contributed by atoms with van der Waals surface area (Å²) in [4.78, 5) is 22.1. The Morgan fingerprint density at radius 3 is 2.86 bits per heavy atom. The first-order valence-corrected chi connectivity index (χ1v) is 6.95. The largest absolute Gasteiger partial charge is 0.483 e. The van der Waals surface area contributed by atoms with Crippen molar-refractivity contribution in [3.63, 3.8) is 0 Å². The van der Waals surface area contributed by atoms with Crippen molar-refractivity contribution in [2.24, 2.45) is 5.92 Å². The van der Waals surface area contributed by atoms with E-state index < -0.39 is 0 Å². The smallest absolute Gasteiger partial charge is 0.290 e. The standard InChI is InChI=1S/C12H21N5O.CH2O2/c1-10-15-14-9-17(10)6-5-16-4-3-11(8-16)7-12(18)13-2;2-1-3/h9,11H,3-8H2,1-2H3,(H,13,18);1H,(H,2,3). The van der Waals surface area contributed by atoms with Crippen LogP contribution < -0.4 is 5.32 Å². The molecule has 0 aliphatic carbocycles. The Balaban J connectivity index is 0.000000677. The molecule has 1 fully saturated rings. The summed E-state index contributed by atoms with van der Waals surface area (Å²) in [6.07, 6.45) is 3.54. The second kappa shape index (κ2) is 9.06. The van der Waals surface area contributed by atoms with Crippen LogP contribution in [0.5, 0.6) is 0 Å². The summed E-state index contributed by atoms with van der Waals surface area (Å²) < 4.78 is 2.06. The zero-order valence-electron chi connectivity index (χ0n) is 12.5. The van der Waals surface area contributed by atoms with Crippen molar-refractivity contribution < 1.29 is 14.7 Å². The molecule has 1 aliphatic rings. The minimum Gasteiger partial charge on any atom is -0.483 e. The summed E-state index contributed by atoms with van der Waals surface area (Å²) in [6.45, 7) is 5.75. The Kier molecular flexibility index (Phi) is 7.38. The molecule has 1 atom stereocenters. The van der Waals surface area contributed by atoms with E-state index in [0.717, 1.165) is 38.4 Å². The number of aryl methyl sites for hydroxylation is 1. The number of nitrogens with zero attached hydrogens (tertiary/aromatic N) is 4. The summed E-state index contributed by atoms with van der Waals surface area (Å²) in [6, 6.07) is 0. The highest BCUT2D eigenvalue weighted by atomic mass is 16.3. The molecular formula is C13H23N5O3. The fourth-order valence-corrected chi connectivity index (χ4v) is 2.43. The average molecular weight is 297 g/mol. The Hall–Kier alpha value is -1.96. The molecule has 1 aliphatic heterocycles. The van der Waals surface area contributed by atoms with E-state index in [2.05, 4.69) is 25.0 Å². The number of carboxylic acid groups (broad SMARTS) is 1. The van der Waals surface area contributed by atoms with Gasteiger partial charge in [0.2, 0.25) is 5.91 Å². The highest BCUT2D eigenvalue weighted by molar-refractivity contribution is 5.75. The number of carbonyl (C=O) groups excluding carboxylic acids is 1. The number of nitrogens with one attached hydrogen (secondary N) is 1. The van der Waals surface area contributed by atoms with Gasteiger partial charge in [-0.15, -0.1) is 10.2 Å². The molecule has 0 spiro atoms. The van der Waals surface area contributed by atoms with Gasteiger partial charge in [-0.3, -0.25) is 9.59 Å². The van der Waals surface area contributed by atoms with Crippen LogP contribution in [0.2, 0.25) is 0 Å². The number of hydrogen-bond acceptors (Lipinski definition) is 5. The van der Waals surface area contributed by atoms with E-state index in [-0.39, 0.29) is 12.4 Å². The van der Waals surface area contributed by atoms with Crippen LogP contribution in [0.25, 0.3) is 0 Å². The topological polar surface area (TPSA) is 100 Å². The highest BCUT2D eigenvalue weighted by Gasteiger charge is 2.23. The number of amides is 1. The SMILES string of the molecule is CNC(=O)CC1CCN(CCn2cnnc2C)C1.O=CO. The van der Waals surface area contributed by atoms with Crippen molar-refractivity contribution in [3.8, 4) is 0 Å². The van der Waals surface area contributed by atoms with E-state index in [4.69, 9.17) is 9.90 Å². The average Bonchev–Trinajstić information content (AvgIpc) is 3.06. The van der Waals surface area contributed by atoms with Crippen LogP contribution in [0, 0.1) is 12.8 Å². The molecule has 0 radical (unpaired) electrons. The number of likely N-dealkylation sites (tertiary alicyclic amines) is 1. The van der Waals surface area contributed by atoms with Gasteiger partial charge in [-0.05, 0) is 25.8 Å². The maximum atomic E-state index is 11.3. The molecule has 8 heteroatoms. The molecule has 2 heterocycles. The van der Waals surface area contributed by atoms with Crippen molar-refractivity contribution in [2.45, 2.75) is 26.3 Å². The number of aromatic nitrogens is 3. The van der Waals surface area contributed by atoms with Gasteiger partial charge in [-0.25, -0.2) is 0 Å². The third-order valence-corrected chi connectivity index (χ3v) is 3.59. The quantitative estimate of drug-likeness (QED) is 0.727. The third-order valence-electron chi connectivity index (χ3n) is 3.59. The molecule has 0 aromatic carbocycles. The molecule has 0 saturated carbocycles. The van der Waals surface area contributed by atoms with Gasteiger partial charge in [0.25, 0.3) is 6.47 Å². The van der Waals surface area contributed by atoms with Gasteiger partial charge in [0.15, 0.2) is 0 Å². The number of hydrogen-bond donors (Lipinski definition) is 2.